The molecule has 24 heavy (non-hydrogen) atoms. The number of methoxy groups -OCH3 is 1. The van der Waals surface area contributed by atoms with E-state index in [0.717, 1.165) is 29.0 Å². The second kappa shape index (κ2) is 6.79. The fraction of sp³-hybridized carbons (Fsp3) is 0.250. The molecule has 4 heteroatoms. The Labute approximate surface area is 142 Å². The van der Waals surface area contributed by atoms with Crippen molar-refractivity contribution in [2.24, 2.45) is 5.16 Å². The summed E-state index contributed by atoms with van der Waals surface area (Å²) in [5.41, 5.74) is 4.70. The van der Waals surface area contributed by atoms with Gasteiger partial charge in [-0.2, -0.15) is 0 Å². The van der Waals surface area contributed by atoms with E-state index in [1.165, 1.54) is 5.56 Å². The number of hydrogen-bond acceptors (Lipinski definition) is 4. The van der Waals surface area contributed by atoms with E-state index in [2.05, 4.69) is 48.3 Å². The predicted octanol–water partition coefficient (Wildman–Crippen LogP) is 4.31. The van der Waals surface area contributed by atoms with E-state index >= 15 is 0 Å². The third-order valence-electron chi connectivity index (χ3n) is 4.58. The second-order valence-electron chi connectivity index (χ2n) is 5.81. The summed E-state index contributed by atoms with van der Waals surface area (Å²) in [4.78, 5) is 2.26. The van der Waals surface area contributed by atoms with E-state index in [1.54, 1.807) is 7.11 Å². The molecular weight excluding hydrogens is 300 g/mol. The van der Waals surface area contributed by atoms with Gasteiger partial charge in [0.2, 0.25) is 0 Å². The monoisotopic (exact) mass is 322 g/mol. The van der Waals surface area contributed by atoms with Crippen LogP contribution in [0.1, 0.15) is 36.6 Å². The zero-order chi connectivity index (χ0) is 17.1. The minimum absolute atomic E-state index is 0.297. The quantitative estimate of drug-likeness (QED) is 0.518. The van der Waals surface area contributed by atoms with Gasteiger partial charge in [0.05, 0.1) is 13.2 Å². The molecule has 0 saturated heterocycles. The first kappa shape index (κ1) is 16.1. The van der Waals surface area contributed by atoms with Crippen LogP contribution in [-0.4, -0.2) is 29.5 Å². The lowest BCUT2D eigenvalue weighted by atomic mass is 9.87. The van der Waals surface area contributed by atoms with Crippen molar-refractivity contribution < 1.29 is 9.94 Å². The largest absolute Gasteiger partial charge is 0.497 e. The number of allylic oxidation sites excluding steroid dienone is 1. The van der Waals surface area contributed by atoms with Crippen LogP contribution in [0.3, 0.4) is 0 Å². The molecule has 2 aromatic rings. The molecule has 1 heterocycles. The zero-order valence-electron chi connectivity index (χ0n) is 14.2. The Kier molecular flexibility index (Phi) is 4.56. The highest BCUT2D eigenvalue weighted by atomic mass is 16.5. The molecule has 3 rings (SSSR count). The van der Waals surface area contributed by atoms with Crippen LogP contribution in [0.2, 0.25) is 0 Å². The van der Waals surface area contributed by atoms with Crippen molar-refractivity contribution in [1.82, 2.24) is 4.90 Å². The van der Waals surface area contributed by atoms with Gasteiger partial charge in [0, 0.05) is 23.9 Å². The minimum Gasteiger partial charge on any atom is -0.497 e. The number of hydrogen-bond donors (Lipinski definition) is 1. The van der Waals surface area contributed by atoms with Crippen LogP contribution >= 0.6 is 0 Å². The first-order valence-corrected chi connectivity index (χ1v) is 8.13. The lowest BCUT2D eigenvalue weighted by Gasteiger charge is -2.34. The van der Waals surface area contributed by atoms with Gasteiger partial charge >= 0.3 is 0 Å². The molecule has 0 bridgehead atoms. The van der Waals surface area contributed by atoms with Gasteiger partial charge in [-0.05, 0) is 49.2 Å². The van der Waals surface area contributed by atoms with Gasteiger partial charge in [0.25, 0.3) is 0 Å². The van der Waals surface area contributed by atoms with Gasteiger partial charge < -0.3 is 14.8 Å². The van der Waals surface area contributed by atoms with Gasteiger partial charge in [-0.1, -0.05) is 29.4 Å². The average molecular weight is 322 g/mol. The van der Waals surface area contributed by atoms with Crippen LogP contribution in [0.25, 0.3) is 5.57 Å². The van der Waals surface area contributed by atoms with E-state index in [9.17, 15) is 5.21 Å². The lowest BCUT2D eigenvalue weighted by molar-refractivity contribution is 0.308. The van der Waals surface area contributed by atoms with Crippen LogP contribution in [0, 0.1) is 0 Å². The fourth-order valence-corrected chi connectivity index (χ4v) is 3.20. The molecule has 0 saturated carbocycles. The average Bonchev–Trinajstić information content (AvgIpc) is 2.64. The molecule has 0 radical (unpaired) electrons. The van der Waals surface area contributed by atoms with Crippen LogP contribution in [0.5, 0.6) is 5.75 Å². The zero-order valence-corrected chi connectivity index (χ0v) is 14.2. The maximum absolute atomic E-state index is 9.71. The molecule has 4 nitrogen and oxygen atoms in total. The highest BCUT2D eigenvalue weighted by molar-refractivity contribution is 6.32. The molecule has 1 aliphatic rings. The number of rotatable bonds is 4. The van der Waals surface area contributed by atoms with Crippen molar-refractivity contribution in [2.75, 3.05) is 13.7 Å². The van der Waals surface area contributed by atoms with Crippen molar-refractivity contribution in [3.63, 3.8) is 0 Å². The number of benzene rings is 2. The van der Waals surface area contributed by atoms with Crippen molar-refractivity contribution in [1.29, 1.82) is 0 Å². The molecule has 124 valence electrons. The first-order chi connectivity index (χ1) is 11.7. The number of nitrogens with zero attached hydrogens (tertiary/aromatic N) is 2. The normalized spacial score (nSPS) is 17.3. The van der Waals surface area contributed by atoms with E-state index in [4.69, 9.17) is 4.74 Å². The summed E-state index contributed by atoms with van der Waals surface area (Å²) in [6, 6.07) is 16.1. The molecular formula is C20H22N2O2. The Morgan fingerprint density at radius 3 is 2.50 bits per heavy atom. The standard InChI is InChI=1S/C20H22N2O2/c1-4-22-13-19(18-8-6-5-7-17(18)14(22)2)20(21-23)15-9-11-16(24-3)12-10-15/h5-14,23H,4H2,1-3H3/b21-20+/t14-/m0/s1. The summed E-state index contributed by atoms with van der Waals surface area (Å²) in [6.45, 7) is 5.21. The second-order valence-corrected chi connectivity index (χ2v) is 5.81. The minimum atomic E-state index is 0.297. The summed E-state index contributed by atoms with van der Waals surface area (Å²) in [5.74, 6) is 0.776. The molecule has 1 aliphatic heterocycles. The van der Waals surface area contributed by atoms with Gasteiger partial charge in [0.1, 0.15) is 11.5 Å². The molecule has 1 N–H and O–H groups in total. The van der Waals surface area contributed by atoms with Gasteiger partial charge in [0.15, 0.2) is 0 Å². The fourth-order valence-electron chi connectivity index (χ4n) is 3.20. The van der Waals surface area contributed by atoms with E-state index < -0.39 is 0 Å². The van der Waals surface area contributed by atoms with E-state index in [-0.39, 0.29) is 0 Å². The molecule has 0 fully saturated rings. The third kappa shape index (κ3) is 2.75. The highest BCUT2D eigenvalue weighted by Gasteiger charge is 2.26. The molecule has 2 aromatic carbocycles. The van der Waals surface area contributed by atoms with Crippen LogP contribution in [-0.2, 0) is 0 Å². The van der Waals surface area contributed by atoms with Crippen molar-refractivity contribution in [3.05, 3.63) is 71.4 Å². The molecule has 0 amide bonds. The van der Waals surface area contributed by atoms with Crippen molar-refractivity contribution in [3.8, 4) is 5.75 Å². The number of fused-ring (bicyclic) bond motifs is 1. The maximum atomic E-state index is 9.71. The Bertz CT molecular complexity index is 778. The summed E-state index contributed by atoms with van der Waals surface area (Å²) < 4.78 is 5.21. The van der Waals surface area contributed by atoms with Crippen molar-refractivity contribution in [2.45, 2.75) is 19.9 Å². The summed E-state index contributed by atoms with van der Waals surface area (Å²) in [7, 11) is 1.64. The predicted molar refractivity (Wildman–Crippen MR) is 96.5 cm³/mol. The lowest BCUT2D eigenvalue weighted by Crippen LogP contribution is -2.27. The molecule has 0 unspecified atom stereocenters. The molecule has 0 aliphatic carbocycles. The summed E-state index contributed by atoms with van der Waals surface area (Å²) >= 11 is 0. The number of oxime groups is 1. The van der Waals surface area contributed by atoms with Crippen LogP contribution in [0.4, 0.5) is 0 Å². The van der Waals surface area contributed by atoms with Crippen molar-refractivity contribution >= 4 is 11.3 Å². The van der Waals surface area contributed by atoms with Crippen LogP contribution in [0.15, 0.2) is 59.9 Å². The van der Waals surface area contributed by atoms with E-state index in [0.29, 0.717) is 11.8 Å². The number of ether oxygens (including phenoxy) is 1. The Morgan fingerprint density at radius 2 is 1.88 bits per heavy atom. The highest BCUT2D eigenvalue weighted by Crippen LogP contribution is 2.36. The smallest absolute Gasteiger partial charge is 0.119 e. The Balaban J connectivity index is 2.10. The van der Waals surface area contributed by atoms with E-state index in [1.807, 2.05) is 30.3 Å². The van der Waals surface area contributed by atoms with Gasteiger partial charge in [-0.15, -0.1) is 0 Å². The first-order valence-electron chi connectivity index (χ1n) is 8.13. The maximum Gasteiger partial charge on any atom is 0.119 e. The topological polar surface area (TPSA) is 45.1 Å². The molecule has 1 atom stereocenters. The summed E-state index contributed by atoms with van der Waals surface area (Å²) in [6.07, 6.45) is 2.09. The third-order valence-corrected chi connectivity index (χ3v) is 4.58. The summed E-state index contributed by atoms with van der Waals surface area (Å²) in [5, 5.41) is 13.3. The molecule has 0 aromatic heterocycles. The SMILES string of the molecule is CCN1C=C(/C(=N/O)c2ccc(OC)cc2)c2ccccc2[C@@H]1C. The van der Waals surface area contributed by atoms with Gasteiger partial charge in [-0.3, -0.25) is 0 Å². The van der Waals surface area contributed by atoms with Gasteiger partial charge in [-0.25, -0.2) is 0 Å². The Morgan fingerprint density at radius 1 is 1.17 bits per heavy atom. The Hall–Kier alpha value is -2.75. The van der Waals surface area contributed by atoms with Crippen LogP contribution < -0.4 is 4.74 Å². The molecule has 0 spiro atoms.